The molecule has 0 spiro atoms. The zero-order valence-corrected chi connectivity index (χ0v) is 69.3. The lowest BCUT2D eigenvalue weighted by Gasteiger charge is -2.44. The summed E-state index contributed by atoms with van der Waals surface area (Å²) in [7, 11) is 0. The zero-order chi connectivity index (χ0) is 82.9. The van der Waals surface area contributed by atoms with Crippen LogP contribution in [0.3, 0.4) is 0 Å². The van der Waals surface area contributed by atoms with Gasteiger partial charge in [-0.2, -0.15) is 13.2 Å². The standard InChI is InChI=1S/C107H89BF3N9/c1-103(2,3)78-53-74(54-79(63-78)104(4,5)6)71-44-50-92-87(59-71)108-88-60-72(75-55-80(105(7,8)9)64-81(56-75)106(10,11)12)45-51-93(88)119(83-41-29-18-30-42-83)95-62-76(61-94(96(95)108)118(92)82-39-27-17-28-40-82)70-43-48-89-84(57-70)85-58-73(101-114-97(66-31-19-13-20-32-66)112-98(115-101)67-33-21-14-22-34-67)46-49-90(85)120(89)91-52-47-77(107(109,110)111)65-86(91)102-116-99(68-35-23-15-24-36-68)113-100(117-102)69-37-25-16-26-38-69/h13-65H,1-12H3. The zero-order valence-electron chi connectivity index (χ0n) is 69.3. The van der Waals surface area contributed by atoms with Crippen molar-refractivity contribution in [1.82, 2.24) is 34.5 Å². The smallest absolute Gasteiger partial charge is 0.311 e. The molecule has 2 aliphatic rings. The molecule has 0 saturated carbocycles. The van der Waals surface area contributed by atoms with E-state index in [0.29, 0.717) is 62.5 Å². The lowest BCUT2D eigenvalue weighted by Crippen LogP contribution is -2.61. The second kappa shape index (κ2) is 29.2. The Balaban J connectivity index is 0.891. The molecule has 0 aliphatic carbocycles. The molecule has 9 nitrogen and oxygen atoms in total. The molecule has 586 valence electrons. The normalized spacial score (nSPS) is 12.9. The Hall–Kier alpha value is -13.6. The van der Waals surface area contributed by atoms with Gasteiger partial charge in [0.2, 0.25) is 0 Å². The van der Waals surface area contributed by atoms with Crippen LogP contribution in [0.15, 0.2) is 322 Å². The maximum atomic E-state index is 15.7. The van der Waals surface area contributed by atoms with Gasteiger partial charge in [0.25, 0.3) is 6.71 Å². The van der Waals surface area contributed by atoms with Crippen LogP contribution < -0.4 is 26.2 Å². The summed E-state index contributed by atoms with van der Waals surface area (Å²) in [6, 6.07) is 110. The Kier molecular flexibility index (Phi) is 18.6. The molecule has 14 aromatic carbocycles. The summed E-state index contributed by atoms with van der Waals surface area (Å²) in [5.41, 5.74) is 25.6. The van der Waals surface area contributed by atoms with Gasteiger partial charge in [-0.3, -0.25) is 0 Å². The van der Waals surface area contributed by atoms with Crippen LogP contribution in [0.2, 0.25) is 0 Å². The molecular weight excluding hydrogens is 1480 g/mol. The van der Waals surface area contributed by atoms with Crippen LogP contribution >= 0.6 is 0 Å². The lowest BCUT2D eigenvalue weighted by atomic mass is 9.33. The molecular formula is C107H89BF3N9. The van der Waals surface area contributed by atoms with Gasteiger partial charge < -0.3 is 14.4 Å². The van der Waals surface area contributed by atoms with Crippen LogP contribution in [0.25, 0.3) is 129 Å². The van der Waals surface area contributed by atoms with E-state index in [1.807, 2.05) is 133 Å². The third-order valence-electron chi connectivity index (χ3n) is 23.7. The van der Waals surface area contributed by atoms with E-state index in [9.17, 15) is 0 Å². The molecule has 2 aliphatic heterocycles. The lowest BCUT2D eigenvalue weighted by molar-refractivity contribution is -0.137. The van der Waals surface area contributed by atoms with E-state index in [-0.39, 0.29) is 39.8 Å². The Morgan fingerprint density at radius 1 is 0.242 bits per heavy atom. The summed E-state index contributed by atoms with van der Waals surface area (Å²) < 4.78 is 49.1. The van der Waals surface area contributed by atoms with Crippen LogP contribution in [0.1, 0.15) is 111 Å². The van der Waals surface area contributed by atoms with E-state index in [4.69, 9.17) is 29.9 Å². The van der Waals surface area contributed by atoms with Crippen LogP contribution in [-0.2, 0) is 27.8 Å². The van der Waals surface area contributed by atoms with Gasteiger partial charge in [0, 0.05) is 78.3 Å². The van der Waals surface area contributed by atoms with E-state index in [1.165, 1.54) is 50.4 Å². The van der Waals surface area contributed by atoms with E-state index in [2.05, 4.69) is 267 Å². The third kappa shape index (κ3) is 14.1. The molecule has 5 heterocycles. The second-order valence-electron chi connectivity index (χ2n) is 36.0. The van der Waals surface area contributed by atoms with Crippen LogP contribution in [0, 0.1) is 0 Å². The molecule has 0 fully saturated rings. The highest BCUT2D eigenvalue weighted by Crippen LogP contribution is 2.50. The number of alkyl halides is 3. The number of hydrogen-bond donors (Lipinski definition) is 0. The van der Waals surface area contributed by atoms with E-state index < -0.39 is 11.7 Å². The first kappa shape index (κ1) is 76.3. The highest BCUT2D eigenvalue weighted by molar-refractivity contribution is 7.00. The molecule has 0 radical (unpaired) electrons. The van der Waals surface area contributed by atoms with E-state index >= 15 is 13.2 Å². The minimum absolute atomic E-state index is 0.0656. The third-order valence-corrected chi connectivity index (χ3v) is 23.7. The molecule has 17 aromatic rings. The molecule has 19 rings (SSSR count). The molecule has 0 N–H and O–H groups in total. The van der Waals surface area contributed by atoms with Crippen LogP contribution in [-0.4, -0.2) is 41.2 Å². The van der Waals surface area contributed by atoms with E-state index in [0.717, 1.165) is 89.8 Å². The molecule has 120 heavy (non-hydrogen) atoms. The van der Waals surface area contributed by atoms with Gasteiger partial charge in [0.1, 0.15) is 0 Å². The summed E-state index contributed by atoms with van der Waals surface area (Å²) in [5.74, 6) is 2.12. The van der Waals surface area contributed by atoms with Crippen molar-refractivity contribution in [3.05, 3.63) is 349 Å². The molecule has 3 aromatic heterocycles. The monoisotopic (exact) mass is 1570 g/mol. The van der Waals surface area contributed by atoms with Gasteiger partial charge in [-0.05, 0) is 191 Å². The molecule has 13 heteroatoms. The highest BCUT2D eigenvalue weighted by atomic mass is 19.4. The maximum Gasteiger partial charge on any atom is 0.416 e. The Morgan fingerprint density at radius 3 is 0.917 bits per heavy atom. The molecule has 0 atom stereocenters. The SMILES string of the molecule is CC(C)(C)c1cc(-c2ccc3c(c2)B2c4cc(-c5cc(C(C)(C)C)cc(C(C)(C)C)c5)ccc4N(c4ccccc4)c4cc(-c5ccc6c(c5)c5cc(-c7nc(-c8ccccc8)nc(-c8ccccc8)n7)ccc5n6-c5ccc(C(F)(F)F)cc5-c5nc(-c6ccccc6)nc(-c6ccccc6)n5)cc(c42)N3c2ccccc2)cc(C(C)(C)C)c1. The fraction of sp³-hybridized carbons (Fsp3) is 0.159. The topological polar surface area (TPSA) is 88.8 Å². The summed E-state index contributed by atoms with van der Waals surface area (Å²) >= 11 is 0. The fourth-order valence-electron chi connectivity index (χ4n) is 17.1. The van der Waals surface area contributed by atoms with Gasteiger partial charge in [0.15, 0.2) is 34.9 Å². The minimum atomic E-state index is -4.74. The summed E-state index contributed by atoms with van der Waals surface area (Å²) in [4.78, 5) is 35.8. The van der Waals surface area contributed by atoms with Crippen molar-refractivity contribution in [3.8, 4) is 107 Å². The van der Waals surface area contributed by atoms with Crippen molar-refractivity contribution < 1.29 is 13.2 Å². The first-order chi connectivity index (χ1) is 57.6. The number of para-hydroxylation sites is 2. The van der Waals surface area contributed by atoms with E-state index in [1.54, 1.807) is 6.07 Å². The van der Waals surface area contributed by atoms with Crippen molar-refractivity contribution in [2.75, 3.05) is 9.80 Å². The predicted molar refractivity (Wildman–Crippen MR) is 490 cm³/mol. The number of rotatable bonds is 12. The van der Waals surface area contributed by atoms with Gasteiger partial charge in [0.05, 0.1) is 22.3 Å². The number of nitrogens with zero attached hydrogens (tertiary/aromatic N) is 9. The van der Waals surface area contributed by atoms with Crippen molar-refractivity contribution >= 4 is 79.0 Å². The average Bonchev–Trinajstić information content (AvgIpc) is 0.771. The van der Waals surface area contributed by atoms with Gasteiger partial charge in [-0.25, -0.2) is 29.9 Å². The average molecular weight is 1570 g/mol. The Labute approximate surface area is 699 Å². The molecule has 0 saturated heterocycles. The Bertz CT molecular complexity index is 6490. The quantitative estimate of drug-likeness (QED) is 0.112. The number of hydrogen-bond acceptors (Lipinski definition) is 8. The number of anilines is 6. The van der Waals surface area contributed by atoms with Crippen LogP contribution in [0.4, 0.5) is 47.3 Å². The number of fused-ring (bicyclic) bond motifs is 7. The number of aromatic nitrogens is 7. The molecule has 0 amide bonds. The summed E-state index contributed by atoms with van der Waals surface area (Å²) in [5, 5.41) is 1.61. The molecule has 0 unspecified atom stereocenters. The highest BCUT2D eigenvalue weighted by Gasteiger charge is 2.45. The predicted octanol–water partition coefficient (Wildman–Crippen LogP) is 26.4. The van der Waals surface area contributed by atoms with Crippen molar-refractivity contribution in [2.24, 2.45) is 0 Å². The van der Waals surface area contributed by atoms with Crippen molar-refractivity contribution in [2.45, 2.75) is 111 Å². The summed E-state index contributed by atoms with van der Waals surface area (Å²) in [6.07, 6.45) is -4.74. The minimum Gasteiger partial charge on any atom is -0.311 e. The number of benzene rings is 14. The number of halogens is 3. The fourth-order valence-corrected chi connectivity index (χ4v) is 17.1. The van der Waals surface area contributed by atoms with Gasteiger partial charge in [-0.1, -0.05) is 308 Å². The second-order valence-corrected chi connectivity index (χ2v) is 36.0. The van der Waals surface area contributed by atoms with Crippen LogP contribution in [0.5, 0.6) is 0 Å². The molecule has 0 bridgehead atoms. The van der Waals surface area contributed by atoms with Gasteiger partial charge in [-0.15, -0.1) is 0 Å². The first-order valence-corrected chi connectivity index (χ1v) is 41.2. The summed E-state index contributed by atoms with van der Waals surface area (Å²) in [6.45, 7) is 27.4. The van der Waals surface area contributed by atoms with Crippen molar-refractivity contribution in [3.63, 3.8) is 0 Å². The first-order valence-electron chi connectivity index (χ1n) is 41.2. The maximum absolute atomic E-state index is 15.7. The van der Waals surface area contributed by atoms with Gasteiger partial charge >= 0.3 is 6.18 Å². The van der Waals surface area contributed by atoms with Crippen molar-refractivity contribution in [1.29, 1.82) is 0 Å². The largest absolute Gasteiger partial charge is 0.416 e. The Morgan fingerprint density at radius 2 is 0.550 bits per heavy atom.